The van der Waals surface area contributed by atoms with Crippen LogP contribution in [0.25, 0.3) is 0 Å². The van der Waals surface area contributed by atoms with Gasteiger partial charge < -0.3 is 20.5 Å². The summed E-state index contributed by atoms with van der Waals surface area (Å²) in [6.45, 7) is 1.40. The van der Waals surface area contributed by atoms with Crippen molar-refractivity contribution in [3.05, 3.63) is 119 Å². The van der Waals surface area contributed by atoms with Gasteiger partial charge in [-0.05, 0) is 48.0 Å². The molecule has 0 spiro atoms. The zero-order valence-electron chi connectivity index (χ0n) is 19.3. The predicted octanol–water partition coefficient (Wildman–Crippen LogP) is 4.61. The lowest BCUT2D eigenvalue weighted by atomic mass is 10.1. The molecule has 4 aromatic rings. The Bertz CT molecular complexity index is 1370. The van der Waals surface area contributed by atoms with Gasteiger partial charge in [-0.15, -0.1) is 0 Å². The van der Waals surface area contributed by atoms with E-state index in [2.05, 4.69) is 17.0 Å². The number of hydroxylamine groups is 1. The molecule has 1 heterocycles. The third-order valence-corrected chi connectivity index (χ3v) is 5.62. The second-order valence-electron chi connectivity index (χ2n) is 8.05. The highest BCUT2D eigenvalue weighted by Gasteiger charge is 2.20. The predicted molar refractivity (Wildman–Crippen MR) is 135 cm³/mol. The van der Waals surface area contributed by atoms with E-state index in [1.807, 2.05) is 48.5 Å². The van der Waals surface area contributed by atoms with Gasteiger partial charge in [-0.2, -0.15) is 0 Å². The molecule has 36 heavy (non-hydrogen) atoms. The summed E-state index contributed by atoms with van der Waals surface area (Å²) in [5.74, 6) is 0.498. The molecule has 8 nitrogen and oxygen atoms in total. The molecular formula is C28H25N3O5. The Morgan fingerprint density at radius 3 is 2.17 bits per heavy atom. The van der Waals surface area contributed by atoms with Crippen molar-refractivity contribution in [2.45, 2.75) is 13.1 Å². The molecule has 0 atom stereocenters. The number of ether oxygens (including phenoxy) is 1. The van der Waals surface area contributed by atoms with Crippen LogP contribution < -0.4 is 20.9 Å². The van der Waals surface area contributed by atoms with Gasteiger partial charge in [0, 0.05) is 24.2 Å². The first-order valence-electron chi connectivity index (χ1n) is 11.2. The van der Waals surface area contributed by atoms with Gasteiger partial charge in [-0.3, -0.25) is 14.8 Å². The SMILES string of the molecule is NC(=O)c1ccccc1O.O=C(NO)c1ccc(CN2Cc3ccccc3Oc3ccccc32)cc1. The van der Waals surface area contributed by atoms with E-state index in [1.54, 1.807) is 29.7 Å². The molecule has 1 aliphatic heterocycles. The average molecular weight is 484 g/mol. The minimum atomic E-state index is -0.613. The van der Waals surface area contributed by atoms with Crippen molar-refractivity contribution in [2.24, 2.45) is 5.73 Å². The molecule has 4 aromatic carbocycles. The Morgan fingerprint density at radius 1 is 0.861 bits per heavy atom. The molecule has 0 aliphatic carbocycles. The number of nitrogens with two attached hydrogens (primary N) is 1. The van der Waals surface area contributed by atoms with Crippen LogP contribution in [0.5, 0.6) is 17.2 Å². The van der Waals surface area contributed by atoms with Crippen molar-refractivity contribution in [3.63, 3.8) is 0 Å². The summed E-state index contributed by atoms with van der Waals surface area (Å²) in [6, 6.07) is 29.4. The lowest BCUT2D eigenvalue weighted by Gasteiger charge is -2.24. The number of nitrogens with one attached hydrogen (secondary N) is 1. The van der Waals surface area contributed by atoms with Crippen LogP contribution in [0.15, 0.2) is 97.1 Å². The van der Waals surface area contributed by atoms with Gasteiger partial charge >= 0.3 is 0 Å². The molecule has 0 bridgehead atoms. The maximum atomic E-state index is 11.5. The summed E-state index contributed by atoms with van der Waals surface area (Å²) in [5, 5.41) is 17.7. The summed E-state index contributed by atoms with van der Waals surface area (Å²) in [5.41, 5.74) is 10.4. The maximum Gasteiger partial charge on any atom is 0.274 e. The lowest BCUT2D eigenvalue weighted by molar-refractivity contribution is 0.0706. The lowest BCUT2D eigenvalue weighted by Crippen LogP contribution is -2.22. The van der Waals surface area contributed by atoms with E-state index in [0.29, 0.717) is 12.1 Å². The van der Waals surface area contributed by atoms with E-state index in [4.69, 9.17) is 20.8 Å². The molecular weight excluding hydrogens is 458 g/mol. The van der Waals surface area contributed by atoms with Gasteiger partial charge in [0.1, 0.15) is 11.5 Å². The zero-order chi connectivity index (χ0) is 25.5. The number of carbonyl (C=O) groups is 2. The molecule has 5 rings (SSSR count). The van der Waals surface area contributed by atoms with Crippen molar-refractivity contribution in [1.29, 1.82) is 0 Å². The third-order valence-electron chi connectivity index (χ3n) is 5.62. The fraction of sp³-hybridized carbons (Fsp3) is 0.0714. The molecule has 0 unspecified atom stereocenters. The Kier molecular flexibility index (Phi) is 7.48. The highest BCUT2D eigenvalue weighted by atomic mass is 16.5. The molecule has 0 aromatic heterocycles. The largest absolute Gasteiger partial charge is 0.507 e. The Morgan fingerprint density at radius 2 is 1.50 bits per heavy atom. The molecule has 2 amide bonds. The van der Waals surface area contributed by atoms with E-state index < -0.39 is 11.8 Å². The fourth-order valence-electron chi connectivity index (χ4n) is 3.82. The van der Waals surface area contributed by atoms with Crippen LogP contribution in [-0.2, 0) is 13.1 Å². The fourth-order valence-corrected chi connectivity index (χ4v) is 3.82. The smallest absolute Gasteiger partial charge is 0.274 e. The summed E-state index contributed by atoms with van der Waals surface area (Å²) < 4.78 is 6.11. The highest BCUT2D eigenvalue weighted by Crippen LogP contribution is 2.39. The van der Waals surface area contributed by atoms with Gasteiger partial charge in [0.2, 0.25) is 0 Å². The average Bonchev–Trinajstić information content (AvgIpc) is 3.05. The van der Waals surface area contributed by atoms with E-state index in [9.17, 15) is 9.59 Å². The number of rotatable bonds is 4. The van der Waals surface area contributed by atoms with E-state index >= 15 is 0 Å². The van der Waals surface area contributed by atoms with Crippen LogP contribution in [0.3, 0.4) is 0 Å². The van der Waals surface area contributed by atoms with Gasteiger partial charge in [0.15, 0.2) is 5.75 Å². The van der Waals surface area contributed by atoms with Crippen molar-refractivity contribution >= 4 is 17.5 Å². The molecule has 0 radical (unpaired) electrons. The monoisotopic (exact) mass is 483 g/mol. The first-order chi connectivity index (χ1) is 17.5. The Labute approximate surface area is 208 Å². The highest BCUT2D eigenvalue weighted by molar-refractivity contribution is 5.95. The summed E-state index contributed by atoms with van der Waals surface area (Å²) in [4.78, 5) is 24.2. The number of fused-ring (bicyclic) bond motifs is 2. The molecule has 0 saturated heterocycles. The summed E-state index contributed by atoms with van der Waals surface area (Å²) in [6.07, 6.45) is 0. The minimum Gasteiger partial charge on any atom is -0.507 e. The topological polar surface area (TPSA) is 125 Å². The standard InChI is InChI=1S/C21H18N2O3.C7H7NO2/c24-21(22-25)16-11-9-15(10-12-16)13-23-14-17-5-1-3-7-19(17)26-20-8-4-2-6-18(20)23;8-7(10)5-3-1-2-4-6(5)9/h1-12,25H,13-14H2,(H,22,24);1-4,9H,(H2,8,10). The summed E-state index contributed by atoms with van der Waals surface area (Å²) in [7, 11) is 0. The number of carbonyl (C=O) groups excluding carboxylic acids is 2. The van der Waals surface area contributed by atoms with Gasteiger partial charge in [-0.1, -0.05) is 54.6 Å². The number of amides is 2. The van der Waals surface area contributed by atoms with E-state index in [-0.39, 0.29) is 11.3 Å². The normalized spacial score (nSPS) is 11.5. The first-order valence-corrected chi connectivity index (χ1v) is 11.2. The van der Waals surface area contributed by atoms with Crippen molar-refractivity contribution in [2.75, 3.05) is 4.90 Å². The maximum absolute atomic E-state index is 11.5. The van der Waals surface area contributed by atoms with Crippen LogP contribution in [0.2, 0.25) is 0 Å². The number of primary amides is 1. The number of benzene rings is 4. The van der Waals surface area contributed by atoms with Crippen molar-refractivity contribution in [1.82, 2.24) is 5.48 Å². The molecule has 182 valence electrons. The van der Waals surface area contributed by atoms with Gasteiger partial charge in [-0.25, -0.2) is 5.48 Å². The van der Waals surface area contributed by atoms with Gasteiger partial charge in [0.05, 0.1) is 11.3 Å². The van der Waals surface area contributed by atoms with Crippen LogP contribution in [0.1, 0.15) is 31.8 Å². The second kappa shape index (κ2) is 11.1. The van der Waals surface area contributed by atoms with Crippen LogP contribution in [-0.4, -0.2) is 22.1 Å². The number of anilines is 1. The number of nitrogens with zero attached hydrogens (tertiary/aromatic N) is 1. The molecule has 1 aliphatic rings. The Hall–Kier alpha value is -4.82. The molecule has 0 fully saturated rings. The first kappa shape index (κ1) is 24.3. The number of aromatic hydroxyl groups is 1. The number of phenols is 1. The van der Waals surface area contributed by atoms with Crippen LogP contribution in [0.4, 0.5) is 5.69 Å². The van der Waals surface area contributed by atoms with Crippen LogP contribution in [0, 0.1) is 0 Å². The molecule has 8 heteroatoms. The number of hydrogen-bond donors (Lipinski definition) is 4. The number of para-hydroxylation sites is 4. The zero-order valence-corrected chi connectivity index (χ0v) is 19.3. The Balaban J connectivity index is 0.000000256. The van der Waals surface area contributed by atoms with Gasteiger partial charge in [0.25, 0.3) is 11.8 Å². The third kappa shape index (κ3) is 5.63. The van der Waals surface area contributed by atoms with Crippen molar-refractivity contribution < 1.29 is 24.6 Å². The second-order valence-corrected chi connectivity index (χ2v) is 8.05. The quantitative estimate of drug-likeness (QED) is 0.248. The summed E-state index contributed by atoms with van der Waals surface area (Å²) >= 11 is 0. The van der Waals surface area contributed by atoms with E-state index in [1.165, 1.54) is 12.1 Å². The van der Waals surface area contributed by atoms with E-state index in [0.717, 1.165) is 34.9 Å². The molecule has 5 N–H and O–H groups in total. The van der Waals surface area contributed by atoms with Crippen molar-refractivity contribution in [3.8, 4) is 17.2 Å². The molecule has 0 saturated carbocycles. The number of hydrogen-bond acceptors (Lipinski definition) is 6. The van der Waals surface area contributed by atoms with Crippen LogP contribution >= 0.6 is 0 Å². The minimum absolute atomic E-state index is 0.0741.